The van der Waals surface area contributed by atoms with Gasteiger partial charge in [-0.15, -0.1) is 0 Å². The van der Waals surface area contributed by atoms with Crippen LogP contribution in [0.5, 0.6) is 0 Å². The van der Waals surface area contributed by atoms with E-state index in [2.05, 4.69) is 80.0 Å². The Balaban J connectivity index is 1.19. The lowest BCUT2D eigenvalue weighted by atomic mass is 10.1. The van der Waals surface area contributed by atoms with E-state index in [0.29, 0.717) is 0 Å². The second-order valence-electron chi connectivity index (χ2n) is 7.52. The van der Waals surface area contributed by atoms with E-state index >= 15 is 0 Å². The first-order valence-electron chi connectivity index (χ1n) is 10.7. The van der Waals surface area contributed by atoms with E-state index in [1.54, 1.807) is 0 Å². The SMILES string of the molecule is c1ccc(-c2nc(SCCCCCn3ccc4nccn43)[nH]c2-c2ccccc2)cc1. The number of hydrogen-bond donors (Lipinski definition) is 1. The van der Waals surface area contributed by atoms with Gasteiger partial charge in [0.1, 0.15) is 0 Å². The number of aryl methyl sites for hydroxylation is 1. The Hall–Kier alpha value is -3.25. The number of H-pyrrole nitrogens is 1. The van der Waals surface area contributed by atoms with Crippen molar-refractivity contribution in [1.82, 2.24) is 24.1 Å². The molecule has 0 aliphatic rings. The van der Waals surface area contributed by atoms with Crippen molar-refractivity contribution in [3.63, 3.8) is 0 Å². The van der Waals surface area contributed by atoms with Gasteiger partial charge < -0.3 is 4.98 Å². The molecule has 0 amide bonds. The molecule has 6 heteroatoms. The first kappa shape index (κ1) is 19.7. The number of nitrogens with zero attached hydrogens (tertiary/aromatic N) is 4. The minimum absolute atomic E-state index is 0.989. The topological polar surface area (TPSA) is 50.9 Å². The molecule has 31 heavy (non-hydrogen) atoms. The van der Waals surface area contributed by atoms with Crippen LogP contribution in [0, 0.1) is 0 Å². The average Bonchev–Trinajstić information content (AvgIpc) is 3.54. The van der Waals surface area contributed by atoms with Gasteiger partial charge in [0, 0.05) is 48.1 Å². The molecule has 0 saturated carbocycles. The van der Waals surface area contributed by atoms with Crippen LogP contribution in [0.1, 0.15) is 19.3 Å². The van der Waals surface area contributed by atoms with E-state index in [0.717, 1.165) is 46.5 Å². The zero-order valence-electron chi connectivity index (χ0n) is 17.3. The normalized spacial score (nSPS) is 11.4. The van der Waals surface area contributed by atoms with Gasteiger partial charge in [-0.3, -0.25) is 4.68 Å². The summed E-state index contributed by atoms with van der Waals surface area (Å²) in [5, 5.41) is 0.989. The summed E-state index contributed by atoms with van der Waals surface area (Å²) < 4.78 is 4.33. The standard InChI is InChI=1S/C25H25N5S/c1-4-10-20(11-5-1)23-24(21-12-6-2-7-13-21)28-25(27-23)31-19-9-3-8-16-29-17-14-22-26-15-18-30(22)29/h1-2,4-7,10-15,17-18H,3,8-9,16,19H2,(H,27,28). The van der Waals surface area contributed by atoms with Crippen LogP contribution in [0.2, 0.25) is 0 Å². The van der Waals surface area contributed by atoms with Crippen molar-refractivity contribution in [2.45, 2.75) is 31.0 Å². The number of rotatable bonds is 9. The zero-order valence-corrected chi connectivity index (χ0v) is 18.1. The van der Waals surface area contributed by atoms with Gasteiger partial charge in [0.15, 0.2) is 10.8 Å². The Morgan fingerprint density at radius 1 is 0.806 bits per heavy atom. The fourth-order valence-corrected chi connectivity index (χ4v) is 4.68. The summed E-state index contributed by atoms with van der Waals surface area (Å²) in [6, 6.07) is 22.9. The summed E-state index contributed by atoms with van der Waals surface area (Å²) in [4.78, 5) is 12.8. The van der Waals surface area contributed by atoms with Gasteiger partial charge in [-0.25, -0.2) is 14.5 Å². The van der Waals surface area contributed by atoms with Gasteiger partial charge in [0.25, 0.3) is 0 Å². The highest BCUT2D eigenvalue weighted by Crippen LogP contribution is 2.32. The van der Waals surface area contributed by atoms with Crippen molar-refractivity contribution in [2.24, 2.45) is 0 Å². The fraction of sp³-hybridized carbons (Fsp3) is 0.200. The summed E-state index contributed by atoms with van der Waals surface area (Å²) >= 11 is 1.81. The molecule has 0 fully saturated rings. The number of fused-ring (bicyclic) bond motifs is 1. The highest BCUT2D eigenvalue weighted by atomic mass is 32.2. The van der Waals surface area contributed by atoms with Gasteiger partial charge in [-0.05, 0) is 12.8 Å². The zero-order chi connectivity index (χ0) is 20.9. The molecule has 156 valence electrons. The third-order valence-corrected chi connectivity index (χ3v) is 6.34. The minimum atomic E-state index is 0.989. The molecule has 0 radical (unpaired) electrons. The van der Waals surface area contributed by atoms with Crippen molar-refractivity contribution in [3.8, 4) is 22.5 Å². The molecule has 5 aromatic rings. The molecule has 0 aliphatic carbocycles. The first-order valence-corrected chi connectivity index (χ1v) is 11.7. The number of unbranched alkanes of at least 4 members (excludes halogenated alkanes) is 2. The molecule has 5 nitrogen and oxygen atoms in total. The van der Waals surface area contributed by atoms with E-state index in [1.807, 2.05) is 36.3 Å². The molecule has 0 aliphatic heterocycles. The van der Waals surface area contributed by atoms with Crippen molar-refractivity contribution < 1.29 is 0 Å². The highest BCUT2D eigenvalue weighted by molar-refractivity contribution is 7.99. The van der Waals surface area contributed by atoms with Crippen LogP contribution in [0.15, 0.2) is 90.5 Å². The van der Waals surface area contributed by atoms with Crippen LogP contribution in [0.4, 0.5) is 0 Å². The molecule has 3 heterocycles. The summed E-state index contributed by atoms with van der Waals surface area (Å²) in [6.45, 7) is 1.02. The predicted molar refractivity (Wildman–Crippen MR) is 127 cm³/mol. The summed E-state index contributed by atoms with van der Waals surface area (Å²) in [6.07, 6.45) is 9.48. The monoisotopic (exact) mass is 427 g/mol. The Morgan fingerprint density at radius 3 is 2.39 bits per heavy atom. The predicted octanol–water partition coefficient (Wildman–Crippen LogP) is 6.16. The Kier molecular flexibility index (Phi) is 5.89. The van der Waals surface area contributed by atoms with Gasteiger partial charge in [-0.2, -0.15) is 0 Å². The fourth-order valence-electron chi connectivity index (χ4n) is 3.81. The third-order valence-electron chi connectivity index (χ3n) is 5.38. The largest absolute Gasteiger partial charge is 0.332 e. The molecule has 2 aromatic carbocycles. The highest BCUT2D eigenvalue weighted by Gasteiger charge is 2.14. The number of thioether (sulfide) groups is 1. The number of aromatic amines is 1. The molecule has 5 rings (SSSR count). The van der Waals surface area contributed by atoms with Crippen molar-refractivity contribution in [1.29, 1.82) is 0 Å². The molecule has 1 N–H and O–H groups in total. The van der Waals surface area contributed by atoms with E-state index in [-0.39, 0.29) is 0 Å². The lowest BCUT2D eigenvalue weighted by Gasteiger charge is -2.05. The maximum absolute atomic E-state index is 4.94. The summed E-state index contributed by atoms with van der Waals surface area (Å²) in [5.74, 6) is 1.06. The Bertz CT molecular complexity index is 1180. The van der Waals surface area contributed by atoms with Crippen LogP contribution >= 0.6 is 11.8 Å². The van der Waals surface area contributed by atoms with E-state index in [4.69, 9.17) is 4.98 Å². The average molecular weight is 428 g/mol. The molecule has 0 spiro atoms. The van der Waals surface area contributed by atoms with Gasteiger partial charge in [-0.1, -0.05) is 78.8 Å². The smallest absolute Gasteiger partial charge is 0.166 e. The molecule has 0 bridgehead atoms. The van der Waals surface area contributed by atoms with E-state index in [9.17, 15) is 0 Å². The number of imidazole rings is 2. The summed E-state index contributed by atoms with van der Waals surface area (Å²) in [5.41, 5.74) is 5.43. The lowest BCUT2D eigenvalue weighted by Crippen LogP contribution is -2.03. The third kappa shape index (κ3) is 4.44. The molecule has 3 aromatic heterocycles. The van der Waals surface area contributed by atoms with E-state index < -0.39 is 0 Å². The van der Waals surface area contributed by atoms with Crippen LogP contribution in [-0.2, 0) is 6.54 Å². The van der Waals surface area contributed by atoms with Crippen molar-refractivity contribution >= 4 is 17.4 Å². The minimum Gasteiger partial charge on any atom is -0.332 e. The second kappa shape index (κ2) is 9.27. The lowest BCUT2D eigenvalue weighted by molar-refractivity contribution is 0.532. The number of hydrogen-bond acceptors (Lipinski definition) is 3. The van der Waals surface area contributed by atoms with E-state index in [1.165, 1.54) is 18.4 Å². The first-order chi connectivity index (χ1) is 15.4. The van der Waals surface area contributed by atoms with Crippen LogP contribution in [-0.4, -0.2) is 29.9 Å². The maximum Gasteiger partial charge on any atom is 0.166 e. The van der Waals surface area contributed by atoms with Crippen molar-refractivity contribution in [3.05, 3.63) is 85.3 Å². The Morgan fingerprint density at radius 2 is 1.58 bits per heavy atom. The summed E-state index contributed by atoms with van der Waals surface area (Å²) in [7, 11) is 0. The number of nitrogens with one attached hydrogen (secondary N) is 1. The van der Waals surface area contributed by atoms with Gasteiger partial charge in [0.05, 0.1) is 11.4 Å². The van der Waals surface area contributed by atoms with Gasteiger partial charge >= 0.3 is 0 Å². The second-order valence-corrected chi connectivity index (χ2v) is 8.60. The van der Waals surface area contributed by atoms with Crippen molar-refractivity contribution in [2.75, 3.05) is 5.75 Å². The van der Waals surface area contributed by atoms with Crippen LogP contribution in [0.3, 0.4) is 0 Å². The van der Waals surface area contributed by atoms with Crippen LogP contribution < -0.4 is 0 Å². The molecule has 0 unspecified atom stereocenters. The van der Waals surface area contributed by atoms with Crippen LogP contribution in [0.25, 0.3) is 28.2 Å². The quantitative estimate of drug-likeness (QED) is 0.226. The molecular weight excluding hydrogens is 402 g/mol. The number of benzene rings is 2. The van der Waals surface area contributed by atoms with Gasteiger partial charge in [0.2, 0.25) is 0 Å². The molecule has 0 saturated heterocycles. The Labute approximate surface area is 186 Å². The number of aromatic nitrogens is 5. The maximum atomic E-state index is 4.94. The molecule has 0 atom stereocenters. The molecular formula is C25H25N5S.